The van der Waals surface area contributed by atoms with Gasteiger partial charge in [-0.15, -0.1) is 11.6 Å². The maximum atomic E-state index is 6.47. The SMILES string of the molecule is CC1(C(Cl)c2cc(Br)ccc2Br)CC1. The zero-order chi connectivity index (χ0) is 10.3. The third-order valence-electron chi connectivity index (χ3n) is 2.88. The van der Waals surface area contributed by atoms with Gasteiger partial charge in [0.05, 0.1) is 5.38 Å². The Morgan fingerprint density at radius 2 is 2.00 bits per heavy atom. The summed E-state index contributed by atoms with van der Waals surface area (Å²) in [6.45, 7) is 2.25. The van der Waals surface area contributed by atoms with E-state index in [4.69, 9.17) is 11.6 Å². The summed E-state index contributed by atoms with van der Waals surface area (Å²) in [6.07, 6.45) is 2.47. The number of alkyl halides is 1. The molecule has 3 heteroatoms. The zero-order valence-electron chi connectivity index (χ0n) is 7.86. The second-order valence-corrected chi connectivity index (χ2v) is 6.39. The second-order valence-electron chi connectivity index (χ2n) is 4.18. The highest BCUT2D eigenvalue weighted by atomic mass is 79.9. The number of hydrogen-bond donors (Lipinski definition) is 0. The molecule has 0 saturated heterocycles. The standard InChI is InChI=1S/C11H11Br2Cl/c1-11(4-5-11)10(14)8-6-7(12)2-3-9(8)13/h2-3,6,10H,4-5H2,1H3. The van der Waals surface area contributed by atoms with E-state index in [2.05, 4.69) is 44.8 Å². The van der Waals surface area contributed by atoms with Crippen LogP contribution in [0, 0.1) is 5.41 Å². The summed E-state index contributed by atoms with van der Waals surface area (Å²) >= 11 is 13.5. The average molecular weight is 338 g/mol. The van der Waals surface area contributed by atoms with Gasteiger partial charge in [0.1, 0.15) is 0 Å². The summed E-state index contributed by atoms with van der Waals surface area (Å²) in [7, 11) is 0. The molecule has 0 aliphatic heterocycles. The maximum absolute atomic E-state index is 6.47. The van der Waals surface area contributed by atoms with Crippen molar-refractivity contribution >= 4 is 43.5 Å². The van der Waals surface area contributed by atoms with Gasteiger partial charge >= 0.3 is 0 Å². The van der Waals surface area contributed by atoms with E-state index in [1.807, 2.05) is 12.1 Å². The molecule has 0 amide bonds. The van der Waals surface area contributed by atoms with Crippen molar-refractivity contribution in [2.45, 2.75) is 25.1 Å². The maximum Gasteiger partial charge on any atom is 0.0650 e. The molecule has 14 heavy (non-hydrogen) atoms. The first-order chi connectivity index (χ1) is 6.53. The summed E-state index contributed by atoms with van der Waals surface area (Å²) in [5.74, 6) is 0. The van der Waals surface area contributed by atoms with Crippen molar-refractivity contribution in [3.63, 3.8) is 0 Å². The molecule has 1 atom stereocenters. The third kappa shape index (κ3) is 2.02. The zero-order valence-corrected chi connectivity index (χ0v) is 11.8. The number of benzene rings is 1. The van der Waals surface area contributed by atoms with Crippen molar-refractivity contribution in [3.8, 4) is 0 Å². The summed E-state index contributed by atoms with van der Waals surface area (Å²) < 4.78 is 2.19. The summed E-state index contributed by atoms with van der Waals surface area (Å²) in [4.78, 5) is 0. The van der Waals surface area contributed by atoms with E-state index in [9.17, 15) is 0 Å². The van der Waals surface area contributed by atoms with E-state index in [1.165, 1.54) is 18.4 Å². The highest BCUT2D eigenvalue weighted by Gasteiger charge is 2.45. The molecule has 1 aromatic rings. The second kappa shape index (κ2) is 3.80. The predicted molar refractivity (Wildman–Crippen MR) is 67.8 cm³/mol. The van der Waals surface area contributed by atoms with Gasteiger partial charge in [-0.25, -0.2) is 0 Å². The van der Waals surface area contributed by atoms with E-state index in [-0.39, 0.29) is 5.38 Å². The van der Waals surface area contributed by atoms with Crippen LogP contribution in [0.25, 0.3) is 0 Å². The van der Waals surface area contributed by atoms with E-state index < -0.39 is 0 Å². The van der Waals surface area contributed by atoms with E-state index in [0.717, 1.165) is 8.95 Å². The van der Waals surface area contributed by atoms with Crippen LogP contribution in [-0.2, 0) is 0 Å². The Hall–Kier alpha value is 0.470. The van der Waals surface area contributed by atoms with Crippen LogP contribution in [0.15, 0.2) is 27.1 Å². The number of halogens is 3. The first-order valence-corrected chi connectivity index (χ1v) is 6.64. The predicted octanol–water partition coefficient (Wildman–Crippen LogP) is 5.29. The van der Waals surface area contributed by atoms with Crippen LogP contribution >= 0.6 is 43.5 Å². The Balaban J connectivity index is 2.35. The molecule has 1 aliphatic carbocycles. The van der Waals surface area contributed by atoms with Gasteiger partial charge in [0.25, 0.3) is 0 Å². The third-order valence-corrected chi connectivity index (χ3v) is 4.86. The fourth-order valence-electron chi connectivity index (χ4n) is 1.53. The van der Waals surface area contributed by atoms with Crippen LogP contribution < -0.4 is 0 Å². The molecule has 76 valence electrons. The lowest BCUT2D eigenvalue weighted by atomic mass is 9.98. The fraction of sp³-hybridized carbons (Fsp3) is 0.455. The highest BCUT2D eigenvalue weighted by Crippen LogP contribution is 2.58. The molecule has 2 rings (SSSR count). The quantitative estimate of drug-likeness (QED) is 0.643. The Kier molecular flexibility index (Phi) is 2.98. The molecule has 0 N–H and O–H groups in total. The van der Waals surface area contributed by atoms with Gasteiger partial charge in [-0.1, -0.05) is 38.8 Å². The van der Waals surface area contributed by atoms with Gasteiger partial charge in [0.15, 0.2) is 0 Å². The molecule has 1 aromatic carbocycles. The lowest BCUT2D eigenvalue weighted by molar-refractivity contribution is 0.547. The smallest absolute Gasteiger partial charge is 0.0650 e. The van der Waals surface area contributed by atoms with Crippen molar-refractivity contribution in [2.75, 3.05) is 0 Å². The Labute approximate surface area is 106 Å². The minimum atomic E-state index is 0.120. The summed E-state index contributed by atoms with van der Waals surface area (Å²) in [5.41, 5.74) is 1.51. The van der Waals surface area contributed by atoms with Crippen LogP contribution in [-0.4, -0.2) is 0 Å². The van der Waals surface area contributed by atoms with Crippen LogP contribution in [0.3, 0.4) is 0 Å². The fourth-order valence-corrected chi connectivity index (χ4v) is 2.92. The topological polar surface area (TPSA) is 0 Å². The molecular formula is C11H11Br2Cl. The van der Waals surface area contributed by atoms with Crippen molar-refractivity contribution in [2.24, 2.45) is 5.41 Å². The Morgan fingerprint density at radius 3 is 2.57 bits per heavy atom. The Morgan fingerprint density at radius 1 is 1.36 bits per heavy atom. The summed E-state index contributed by atoms with van der Waals surface area (Å²) in [6, 6.07) is 6.16. The van der Waals surface area contributed by atoms with Crippen molar-refractivity contribution in [1.82, 2.24) is 0 Å². The number of hydrogen-bond acceptors (Lipinski definition) is 0. The lowest BCUT2D eigenvalue weighted by Crippen LogP contribution is -2.04. The average Bonchev–Trinajstić information content (AvgIpc) is 2.88. The first-order valence-electron chi connectivity index (χ1n) is 4.62. The van der Waals surface area contributed by atoms with E-state index in [0.29, 0.717) is 5.41 Å². The summed E-state index contributed by atoms with van der Waals surface area (Å²) in [5, 5.41) is 0.120. The molecule has 0 radical (unpaired) electrons. The van der Waals surface area contributed by atoms with E-state index >= 15 is 0 Å². The van der Waals surface area contributed by atoms with Gasteiger partial charge in [-0.3, -0.25) is 0 Å². The first kappa shape index (κ1) is 11.0. The largest absolute Gasteiger partial charge is 0.117 e. The molecule has 0 heterocycles. The van der Waals surface area contributed by atoms with Gasteiger partial charge < -0.3 is 0 Å². The number of rotatable bonds is 2. The van der Waals surface area contributed by atoms with Crippen LogP contribution in [0.5, 0.6) is 0 Å². The highest BCUT2D eigenvalue weighted by molar-refractivity contribution is 9.11. The van der Waals surface area contributed by atoms with E-state index in [1.54, 1.807) is 0 Å². The van der Waals surface area contributed by atoms with Crippen molar-refractivity contribution < 1.29 is 0 Å². The minimum Gasteiger partial charge on any atom is -0.117 e. The Bertz CT molecular complexity index is 358. The molecule has 1 unspecified atom stereocenters. The van der Waals surface area contributed by atoms with Gasteiger partial charge in [0.2, 0.25) is 0 Å². The van der Waals surface area contributed by atoms with Crippen molar-refractivity contribution in [1.29, 1.82) is 0 Å². The molecule has 0 bridgehead atoms. The van der Waals surface area contributed by atoms with Crippen LogP contribution in [0.4, 0.5) is 0 Å². The lowest BCUT2D eigenvalue weighted by Gasteiger charge is -2.18. The molecular weight excluding hydrogens is 327 g/mol. The van der Waals surface area contributed by atoms with Gasteiger partial charge in [-0.05, 0) is 42.0 Å². The normalized spacial score (nSPS) is 20.6. The van der Waals surface area contributed by atoms with Gasteiger partial charge in [0, 0.05) is 8.95 Å². The molecule has 0 spiro atoms. The van der Waals surface area contributed by atoms with Crippen LogP contribution in [0.1, 0.15) is 30.7 Å². The molecule has 1 saturated carbocycles. The monoisotopic (exact) mass is 336 g/mol. The molecule has 1 fully saturated rings. The molecule has 0 nitrogen and oxygen atoms in total. The minimum absolute atomic E-state index is 0.120. The molecule has 1 aliphatic rings. The van der Waals surface area contributed by atoms with Crippen LogP contribution in [0.2, 0.25) is 0 Å². The van der Waals surface area contributed by atoms with Crippen molar-refractivity contribution in [3.05, 3.63) is 32.7 Å². The molecule has 0 aromatic heterocycles. The van der Waals surface area contributed by atoms with Gasteiger partial charge in [-0.2, -0.15) is 0 Å².